The molecule has 0 aliphatic carbocycles. The standard InChI is InChI=1S/C10H9FO3/c1-6(11)7-2-4-8(5-3-7)9(12)10(13)14/h2-6H,1H3,(H,13,14). The fraction of sp³-hybridized carbons (Fsp3) is 0.200. The van der Waals surface area contributed by atoms with E-state index in [2.05, 4.69) is 0 Å². The second-order valence-electron chi connectivity index (χ2n) is 2.87. The Morgan fingerprint density at radius 3 is 2.14 bits per heavy atom. The number of ketones is 1. The number of carbonyl (C=O) groups excluding carboxylic acids is 1. The minimum atomic E-state index is -1.51. The van der Waals surface area contributed by atoms with E-state index < -0.39 is 17.9 Å². The maximum atomic E-state index is 12.7. The highest BCUT2D eigenvalue weighted by Gasteiger charge is 2.14. The molecule has 0 aromatic heterocycles. The summed E-state index contributed by atoms with van der Waals surface area (Å²) in [6, 6.07) is 5.42. The number of carbonyl (C=O) groups is 2. The predicted octanol–water partition coefficient (Wildman–Crippen LogP) is 1.98. The first-order valence-corrected chi connectivity index (χ1v) is 4.04. The average molecular weight is 196 g/mol. The van der Waals surface area contributed by atoms with Crippen LogP contribution in [0.25, 0.3) is 0 Å². The van der Waals surface area contributed by atoms with Crippen LogP contribution in [0, 0.1) is 0 Å². The van der Waals surface area contributed by atoms with Crippen LogP contribution in [0.1, 0.15) is 29.0 Å². The fourth-order valence-corrected chi connectivity index (χ4v) is 1.02. The smallest absolute Gasteiger partial charge is 0.377 e. The van der Waals surface area contributed by atoms with Gasteiger partial charge in [-0.3, -0.25) is 4.79 Å². The molecule has 0 bridgehead atoms. The molecular formula is C10H9FO3. The van der Waals surface area contributed by atoms with Crippen molar-refractivity contribution < 1.29 is 19.1 Å². The molecule has 0 saturated carbocycles. The molecule has 1 unspecified atom stereocenters. The molecule has 1 N–H and O–H groups in total. The molecule has 1 aromatic carbocycles. The van der Waals surface area contributed by atoms with Gasteiger partial charge in [0, 0.05) is 5.56 Å². The Bertz CT molecular complexity index is 354. The summed E-state index contributed by atoms with van der Waals surface area (Å²) in [6.07, 6.45) is -1.12. The van der Waals surface area contributed by atoms with Gasteiger partial charge in [-0.2, -0.15) is 0 Å². The highest BCUT2D eigenvalue weighted by Crippen LogP contribution is 2.16. The molecule has 3 nitrogen and oxygen atoms in total. The number of aliphatic carboxylic acids is 1. The minimum absolute atomic E-state index is 0.0573. The van der Waals surface area contributed by atoms with Crippen molar-refractivity contribution in [1.29, 1.82) is 0 Å². The third kappa shape index (κ3) is 2.16. The van der Waals surface area contributed by atoms with Crippen LogP contribution in [0.5, 0.6) is 0 Å². The highest BCUT2D eigenvalue weighted by atomic mass is 19.1. The van der Waals surface area contributed by atoms with Crippen LogP contribution in [0.2, 0.25) is 0 Å². The first-order chi connectivity index (χ1) is 6.52. The molecule has 0 saturated heterocycles. The Labute approximate surface area is 80.2 Å². The fourth-order valence-electron chi connectivity index (χ4n) is 1.02. The van der Waals surface area contributed by atoms with Crippen LogP contribution in [0.4, 0.5) is 4.39 Å². The molecule has 14 heavy (non-hydrogen) atoms. The number of rotatable bonds is 3. The molecule has 0 radical (unpaired) electrons. The van der Waals surface area contributed by atoms with Crippen LogP contribution in [0.3, 0.4) is 0 Å². The van der Waals surface area contributed by atoms with Gasteiger partial charge in [0.05, 0.1) is 0 Å². The van der Waals surface area contributed by atoms with Crippen molar-refractivity contribution >= 4 is 11.8 Å². The van der Waals surface area contributed by atoms with Crippen molar-refractivity contribution in [3.63, 3.8) is 0 Å². The van der Waals surface area contributed by atoms with E-state index in [0.717, 1.165) is 0 Å². The first-order valence-electron chi connectivity index (χ1n) is 4.04. The van der Waals surface area contributed by atoms with Crippen molar-refractivity contribution in [2.75, 3.05) is 0 Å². The van der Waals surface area contributed by atoms with E-state index >= 15 is 0 Å². The summed E-state index contributed by atoms with van der Waals surface area (Å²) in [5.41, 5.74) is 0.480. The Balaban J connectivity index is 2.94. The quantitative estimate of drug-likeness (QED) is 0.594. The monoisotopic (exact) mass is 196 g/mol. The molecule has 0 spiro atoms. The number of alkyl halides is 1. The molecule has 4 heteroatoms. The van der Waals surface area contributed by atoms with E-state index in [0.29, 0.717) is 5.56 Å². The van der Waals surface area contributed by atoms with Gasteiger partial charge in [-0.1, -0.05) is 24.3 Å². The van der Waals surface area contributed by atoms with Crippen LogP contribution >= 0.6 is 0 Å². The summed E-state index contributed by atoms with van der Waals surface area (Å²) in [5, 5.41) is 8.39. The Hall–Kier alpha value is -1.71. The minimum Gasteiger partial charge on any atom is -0.475 e. The van der Waals surface area contributed by atoms with Gasteiger partial charge in [0.1, 0.15) is 6.17 Å². The predicted molar refractivity (Wildman–Crippen MR) is 47.9 cm³/mol. The normalized spacial score (nSPS) is 12.1. The van der Waals surface area contributed by atoms with Crippen molar-refractivity contribution in [3.05, 3.63) is 35.4 Å². The number of carboxylic acid groups (broad SMARTS) is 1. The SMILES string of the molecule is CC(F)c1ccc(C(=O)C(=O)O)cc1. The highest BCUT2D eigenvalue weighted by molar-refractivity contribution is 6.39. The molecule has 0 fully saturated rings. The van der Waals surface area contributed by atoms with Gasteiger partial charge in [-0.25, -0.2) is 9.18 Å². The zero-order chi connectivity index (χ0) is 10.7. The molecule has 0 amide bonds. The van der Waals surface area contributed by atoms with Crippen molar-refractivity contribution in [2.24, 2.45) is 0 Å². The number of Topliss-reactive ketones (excluding diaryl/α,β-unsaturated/α-hetero) is 1. The topological polar surface area (TPSA) is 54.4 Å². The number of halogens is 1. The number of carboxylic acids is 1. The maximum Gasteiger partial charge on any atom is 0.377 e. The number of benzene rings is 1. The lowest BCUT2D eigenvalue weighted by atomic mass is 10.1. The van der Waals surface area contributed by atoms with Crippen LogP contribution < -0.4 is 0 Å². The van der Waals surface area contributed by atoms with Crippen LogP contribution in [0.15, 0.2) is 24.3 Å². The van der Waals surface area contributed by atoms with E-state index in [-0.39, 0.29) is 5.56 Å². The lowest BCUT2D eigenvalue weighted by Gasteiger charge is -2.02. The summed E-state index contributed by atoms with van der Waals surface area (Å²) in [6.45, 7) is 1.37. The van der Waals surface area contributed by atoms with Gasteiger partial charge in [0.25, 0.3) is 5.78 Å². The molecule has 0 aliphatic heterocycles. The summed E-state index contributed by atoms with van der Waals surface area (Å²) in [5.74, 6) is -2.49. The van der Waals surface area contributed by atoms with Crippen molar-refractivity contribution in [3.8, 4) is 0 Å². The molecule has 1 rings (SSSR count). The average Bonchev–Trinajstić information content (AvgIpc) is 2.16. The first kappa shape index (κ1) is 10.4. The van der Waals surface area contributed by atoms with E-state index in [1.807, 2.05) is 0 Å². The Morgan fingerprint density at radius 2 is 1.79 bits per heavy atom. The second kappa shape index (κ2) is 4.00. The maximum absolute atomic E-state index is 12.7. The number of hydrogen-bond donors (Lipinski definition) is 1. The summed E-state index contributed by atoms with van der Waals surface area (Å²) in [7, 11) is 0. The number of hydrogen-bond acceptors (Lipinski definition) is 2. The molecule has 1 aromatic rings. The van der Waals surface area contributed by atoms with Crippen LogP contribution in [-0.2, 0) is 4.79 Å². The lowest BCUT2D eigenvalue weighted by molar-refractivity contribution is -0.131. The van der Waals surface area contributed by atoms with Gasteiger partial charge < -0.3 is 5.11 Å². The van der Waals surface area contributed by atoms with Gasteiger partial charge in [-0.05, 0) is 12.5 Å². The van der Waals surface area contributed by atoms with Gasteiger partial charge in [0.15, 0.2) is 0 Å². The van der Waals surface area contributed by atoms with Gasteiger partial charge >= 0.3 is 5.97 Å². The zero-order valence-electron chi connectivity index (χ0n) is 7.53. The summed E-state index contributed by atoms with van der Waals surface area (Å²) in [4.78, 5) is 21.2. The van der Waals surface area contributed by atoms with E-state index in [1.165, 1.54) is 31.2 Å². The lowest BCUT2D eigenvalue weighted by Crippen LogP contribution is -2.12. The third-order valence-corrected chi connectivity index (χ3v) is 1.83. The second-order valence-corrected chi connectivity index (χ2v) is 2.87. The molecule has 1 atom stereocenters. The molecule has 74 valence electrons. The van der Waals surface area contributed by atoms with Crippen LogP contribution in [-0.4, -0.2) is 16.9 Å². The molecule has 0 aliphatic rings. The molecular weight excluding hydrogens is 187 g/mol. The van der Waals surface area contributed by atoms with Gasteiger partial charge in [0.2, 0.25) is 0 Å². The van der Waals surface area contributed by atoms with E-state index in [1.54, 1.807) is 0 Å². The molecule has 0 heterocycles. The van der Waals surface area contributed by atoms with Gasteiger partial charge in [-0.15, -0.1) is 0 Å². The van der Waals surface area contributed by atoms with E-state index in [9.17, 15) is 14.0 Å². The van der Waals surface area contributed by atoms with E-state index in [4.69, 9.17) is 5.11 Å². The van der Waals surface area contributed by atoms with Crippen molar-refractivity contribution in [2.45, 2.75) is 13.1 Å². The van der Waals surface area contributed by atoms with Crippen molar-refractivity contribution in [1.82, 2.24) is 0 Å². The third-order valence-electron chi connectivity index (χ3n) is 1.83. The largest absolute Gasteiger partial charge is 0.475 e. The zero-order valence-corrected chi connectivity index (χ0v) is 7.53. The summed E-state index contributed by atoms with van der Waals surface area (Å²) < 4.78 is 12.7. The Morgan fingerprint density at radius 1 is 1.29 bits per heavy atom. The summed E-state index contributed by atoms with van der Waals surface area (Å²) >= 11 is 0. The Kier molecular flexibility index (Phi) is 2.96.